The normalized spacial score (nSPS) is 11.4. The first kappa shape index (κ1) is 15.0. The van der Waals surface area contributed by atoms with E-state index in [0.29, 0.717) is 28.4 Å². The molecule has 0 heterocycles. The largest absolute Gasteiger partial charge is 0.493 e. The third-order valence-corrected chi connectivity index (χ3v) is 2.88. The highest BCUT2D eigenvalue weighted by Crippen LogP contribution is 2.25. The number of rotatable bonds is 5. The third kappa shape index (κ3) is 5.09. The summed E-state index contributed by atoms with van der Waals surface area (Å²) < 4.78 is 5.67. The second-order valence-electron chi connectivity index (χ2n) is 5.71. The van der Waals surface area contributed by atoms with Crippen LogP contribution >= 0.6 is 11.6 Å². The smallest absolute Gasteiger partial charge is 0.163 e. The van der Waals surface area contributed by atoms with Crippen LogP contribution in [0.3, 0.4) is 0 Å². The van der Waals surface area contributed by atoms with E-state index in [4.69, 9.17) is 16.3 Å². The van der Waals surface area contributed by atoms with E-state index < -0.39 is 0 Å². The van der Waals surface area contributed by atoms with Gasteiger partial charge < -0.3 is 4.74 Å². The Morgan fingerprint density at radius 3 is 2.56 bits per heavy atom. The molecule has 0 radical (unpaired) electrons. The van der Waals surface area contributed by atoms with Gasteiger partial charge in [-0.15, -0.1) is 0 Å². The van der Waals surface area contributed by atoms with Gasteiger partial charge in [0.2, 0.25) is 0 Å². The molecule has 3 heteroatoms. The maximum atomic E-state index is 11.5. The summed E-state index contributed by atoms with van der Waals surface area (Å²) in [6.07, 6.45) is 2.07. The van der Waals surface area contributed by atoms with E-state index in [1.165, 1.54) is 6.92 Å². The van der Waals surface area contributed by atoms with Gasteiger partial charge >= 0.3 is 0 Å². The molecule has 100 valence electrons. The lowest BCUT2D eigenvalue weighted by Gasteiger charge is -2.18. The number of Topliss-reactive ketones (excluding diaryl/α,β-unsaturated/α-hetero) is 1. The first-order chi connectivity index (χ1) is 8.29. The average Bonchev–Trinajstić information content (AvgIpc) is 2.24. The average molecular weight is 269 g/mol. The maximum absolute atomic E-state index is 11.5. The Hall–Kier alpha value is -1.02. The minimum atomic E-state index is -0.0247. The van der Waals surface area contributed by atoms with Crippen LogP contribution in [0.2, 0.25) is 5.02 Å². The lowest BCUT2D eigenvalue weighted by Crippen LogP contribution is -2.09. The zero-order valence-electron chi connectivity index (χ0n) is 11.5. The molecule has 0 aliphatic rings. The van der Waals surface area contributed by atoms with Crippen LogP contribution in [0.25, 0.3) is 0 Å². The molecule has 0 bridgehead atoms. The zero-order valence-corrected chi connectivity index (χ0v) is 12.3. The third-order valence-electron chi connectivity index (χ3n) is 2.65. The van der Waals surface area contributed by atoms with Crippen molar-refractivity contribution in [3.05, 3.63) is 28.8 Å². The predicted molar refractivity (Wildman–Crippen MR) is 75.6 cm³/mol. The number of carbonyl (C=O) groups is 1. The summed E-state index contributed by atoms with van der Waals surface area (Å²) in [6.45, 7) is 8.76. The standard InChI is InChI=1S/C15H21ClO2/c1-11(17)13-10-12(16)6-7-14(13)18-9-5-8-15(2,3)4/h6-7,10H,5,8-9H2,1-4H3. The Labute approximate surface area is 114 Å². The Kier molecular flexibility index (Phi) is 5.21. The maximum Gasteiger partial charge on any atom is 0.163 e. The van der Waals surface area contributed by atoms with Crippen molar-refractivity contribution in [2.75, 3.05) is 6.61 Å². The summed E-state index contributed by atoms with van der Waals surface area (Å²) >= 11 is 5.87. The van der Waals surface area contributed by atoms with E-state index in [-0.39, 0.29) is 5.78 Å². The summed E-state index contributed by atoms with van der Waals surface area (Å²) in [7, 11) is 0. The number of carbonyl (C=O) groups excluding carboxylic acids is 1. The molecule has 0 aliphatic carbocycles. The number of halogens is 1. The molecule has 0 amide bonds. The molecule has 2 nitrogen and oxygen atoms in total. The molecular formula is C15H21ClO2. The van der Waals surface area contributed by atoms with Crippen LogP contribution in [0.1, 0.15) is 50.9 Å². The van der Waals surface area contributed by atoms with E-state index in [9.17, 15) is 4.79 Å². The molecule has 1 rings (SSSR count). The molecule has 0 saturated carbocycles. The van der Waals surface area contributed by atoms with E-state index in [0.717, 1.165) is 12.8 Å². The topological polar surface area (TPSA) is 26.3 Å². The van der Waals surface area contributed by atoms with E-state index in [2.05, 4.69) is 20.8 Å². The van der Waals surface area contributed by atoms with Crippen LogP contribution in [-0.4, -0.2) is 12.4 Å². The molecule has 0 aromatic heterocycles. The molecule has 0 saturated heterocycles. The second-order valence-corrected chi connectivity index (χ2v) is 6.15. The lowest BCUT2D eigenvalue weighted by molar-refractivity contribution is 0.101. The van der Waals surface area contributed by atoms with E-state index in [1.54, 1.807) is 18.2 Å². The van der Waals surface area contributed by atoms with Crippen molar-refractivity contribution in [2.45, 2.75) is 40.5 Å². The molecular weight excluding hydrogens is 248 g/mol. The highest BCUT2D eigenvalue weighted by molar-refractivity contribution is 6.31. The van der Waals surface area contributed by atoms with Crippen LogP contribution < -0.4 is 4.74 Å². The highest BCUT2D eigenvalue weighted by atomic mass is 35.5. The van der Waals surface area contributed by atoms with Crippen molar-refractivity contribution >= 4 is 17.4 Å². The Bertz CT molecular complexity index is 419. The molecule has 0 N–H and O–H groups in total. The van der Waals surface area contributed by atoms with Crippen molar-refractivity contribution in [2.24, 2.45) is 5.41 Å². The number of hydrogen-bond acceptors (Lipinski definition) is 2. The molecule has 1 aromatic carbocycles. The molecule has 18 heavy (non-hydrogen) atoms. The fraction of sp³-hybridized carbons (Fsp3) is 0.533. The van der Waals surface area contributed by atoms with Crippen LogP contribution in [0, 0.1) is 5.41 Å². The summed E-state index contributed by atoms with van der Waals surface area (Å²) in [5.41, 5.74) is 0.866. The molecule has 0 atom stereocenters. The second kappa shape index (κ2) is 6.24. The summed E-state index contributed by atoms with van der Waals surface area (Å²) in [4.78, 5) is 11.5. The first-order valence-electron chi connectivity index (χ1n) is 6.23. The van der Waals surface area contributed by atoms with Gasteiger partial charge in [0, 0.05) is 5.02 Å². The van der Waals surface area contributed by atoms with E-state index >= 15 is 0 Å². The summed E-state index contributed by atoms with van der Waals surface area (Å²) in [5, 5.41) is 0.558. The van der Waals surface area contributed by atoms with Crippen molar-refractivity contribution in [1.29, 1.82) is 0 Å². The van der Waals surface area contributed by atoms with Crippen LogP contribution in [-0.2, 0) is 0 Å². The lowest BCUT2D eigenvalue weighted by atomic mass is 9.91. The molecule has 1 aromatic rings. The highest BCUT2D eigenvalue weighted by Gasteiger charge is 2.11. The zero-order chi connectivity index (χ0) is 13.8. The van der Waals surface area contributed by atoms with Crippen LogP contribution in [0.4, 0.5) is 0 Å². The molecule has 0 fully saturated rings. The number of ether oxygens (including phenoxy) is 1. The fourth-order valence-electron chi connectivity index (χ4n) is 1.69. The van der Waals surface area contributed by atoms with Gasteiger partial charge in [-0.3, -0.25) is 4.79 Å². The summed E-state index contributed by atoms with van der Waals surface area (Å²) in [5.74, 6) is 0.601. The van der Waals surface area contributed by atoms with Crippen molar-refractivity contribution in [1.82, 2.24) is 0 Å². The van der Waals surface area contributed by atoms with Gasteiger partial charge in [-0.1, -0.05) is 32.4 Å². The van der Waals surface area contributed by atoms with Gasteiger partial charge in [-0.05, 0) is 43.4 Å². The van der Waals surface area contributed by atoms with Crippen molar-refractivity contribution in [3.63, 3.8) is 0 Å². The first-order valence-corrected chi connectivity index (χ1v) is 6.61. The Balaban J connectivity index is 2.59. The van der Waals surface area contributed by atoms with Gasteiger partial charge in [0.15, 0.2) is 5.78 Å². The van der Waals surface area contributed by atoms with E-state index in [1.807, 2.05) is 0 Å². The molecule has 0 spiro atoms. The van der Waals surface area contributed by atoms with Crippen LogP contribution in [0.5, 0.6) is 5.75 Å². The fourth-order valence-corrected chi connectivity index (χ4v) is 1.86. The number of benzene rings is 1. The minimum Gasteiger partial charge on any atom is -0.493 e. The van der Waals surface area contributed by atoms with Crippen molar-refractivity contribution in [3.8, 4) is 5.75 Å². The Morgan fingerprint density at radius 1 is 1.33 bits per heavy atom. The number of hydrogen-bond donors (Lipinski definition) is 0. The van der Waals surface area contributed by atoms with Crippen molar-refractivity contribution < 1.29 is 9.53 Å². The summed E-state index contributed by atoms with van der Waals surface area (Å²) in [6, 6.07) is 5.16. The SMILES string of the molecule is CC(=O)c1cc(Cl)ccc1OCCCC(C)(C)C. The van der Waals surface area contributed by atoms with Gasteiger partial charge in [-0.25, -0.2) is 0 Å². The van der Waals surface area contributed by atoms with Crippen LogP contribution in [0.15, 0.2) is 18.2 Å². The molecule has 0 aliphatic heterocycles. The van der Waals surface area contributed by atoms with Gasteiger partial charge in [0.1, 0.15) is 5.75 Å². The van der Waals surface area contributed by atoms with Gasteiger partial charge in [-0.2, -0.15) is 0 Å². The van der Waals surface area contributed by atoms with Gasteiger partial charge in [0.25, 0.3) is 0 Å². The molecule has 0 unspecified atom stereocenters. The quantitative estimate of drug-likeness (QED) is 0.569. The monoisotopic (exact) mass is 268 g/mol. The predicted octanol–water partition coefficient (Wildman–Crippen LogP) is 4.75. The minimum absolute atomic E-state index is 0.0247. The van der Waals surface area contributed by atoms with Gasteiger partial charge in [0.05, 0.1) is 12.2 Å². The Morgan fingerprint density at radius 2 is 2.00 bits per heavy atom. The number of ketones is 1.